The summed E-state index contributed by atoms with van der Waals surface area (Å²) in [4.78, 5) is 22.8. The molecule has 1 fully saturated rings. The molecule has 0 radical (unpaired) electrons. The maximum Gasteiger partial charge on any atom is 0.337 e. The number of benzene rings is 1. The van der Waals surface area contributed by atoms with E-state index in [0.29, 0.717) is 25.2 Å². The lowest BCUT2D eigenvalue weighted by Gasteiger charge is -2.09. The van der Waals surface area contributed by atoms with Gasteiger partial charge in [-0.1, -0.05) is 22.0 Å². The van der Waals surface area contributed by atoms with Crippen molar-refractivity contribution in [3.63, 3.8) is 0 Å². The third-order valence-corrected chi connectivity index (χ3v) is 4.08. The molecule has 6 heteroatoms. The smallest absolute Gasteiger partial charge is 0.337 e. The van der Waals surface area contributed by atoms with Crippen molar-refractivity contribution in [2.75, 3.05) is 20.2 Å². The Balaban J connectivity index is 1.72. The topological polar surface area (TPSA) is 67.4 Å². The van der Waals surface area contributed by atoms with Gasteiger partial charge in [0.05, 0.1) is 12.7 Å². The average Bonchev–Trinajstić information content (AvgIpc) is 3.32. The number of carbonyl (C=O) groups excluding carboxylic acids is 2. The lowest BCUT2D eigenvalue weighted by Crippen LogP contribution is -2.32. The van der Waals surface area contributed by atoms with Gasteiger partial charge in [0.15, 0.2) is 0 Å². The number of rotatable bonds is 7. The Hall–Kier alpha value is -1.40. The summed E-state index contributed by atoms with van der Waals surface area (Å²) in [5.74, 6) is 0.0726. The Morgan fingerprint density at radius 1 is 1.33 bits per heavy atom. The molecule has 5 nitrogen and oxygen atoms in total. The van der Waals surface area contributed by atoms with Gasteiger partial charge in [-0.05, 0) is 30.5 Å². The number of methoxy groups -OCH3 is 1. The van der Waals surface area contributed by atoms with Crippen molar-refractivity contribution in [2.45, 2.75) is 19.4 Å². The summed E-state index contributed by atoms with van der Waals surface area (Å²) in [5.41, 5.74) is 1.57. The van der Waals surface area contributed by atoms with E-state index < -0.39 is 0 Å². The van der Waals surface area contributed by atoms with Gasteiger partial charge in [0.2, 0.25) is 5.91 Å². The molecule has 114 valence electrons. The molecule has 2 N–H and O–H groups in total. The van der Waals surface area contributed by atoms with Gasteiger partial charge in [-0.25, -0.2) is 4.79 Å². The first-order chi connectivity index (χ1) is 10.1. The van der Waals surface area contributed by atoms with Crippen LogP contribution >= 0.6 is 15.9 Å². The van der Waals surface area contributed by atoms with Crippen molar-refractivity contribution in [3.05, 3.63) is 33.8 Å². The third-order valence-electron chi connectivity index (χ3n) is 3.34. The van der Waals surface area contributed by atoms with Gasteiger partial charge in [-0.3, -0.25) is 4.79 Å². The van der Waals surface area contributed by atoms with E-state index in [1.54, 1.807) is 12.1 Å². The normalized spacial score (nSPS) is 13.8. The molecule has 1 amide bonds. The lowest BCUT2D eigenvalue weighted by molar-refractivity contribution is -0.122. The molecule has 0 heterocycles. The van der Waals surface area contributed by atoms with Crippen LogP contribution in [-0.4, -0.2) is 32.1 Å². The van der Waals surface area contributed by atoms with Crippen LogP contribution in [0, 0.1) is 5.92 Å². The highest BCUT2D eigenvalue weighted by atomic mass is 79.9. The highest BCUT2D eigenvalue weighted by Crippen LogP contribution is 2.28. The minimum atomic E-state index is -0.349. The molecule has 1 aromatic rings. The van der Waals surface area contributed by atoms with E-state index in [2.05, 4.69) is 31.3 Å². The molecule has 1 aliphatic rings. The molecule has 0 saturated heterocycles. The standard InChI is InChI=1S/C15H19BrN2O3/c1-21-15(20)11-4-5-12(13(16)8-11)9-17-6-7-18-14(19)10-2-3-10/h4-5,8,10,17H,2-3,6-7,9H2,1H3,(H,18,19). The lowest BCUT2D eigenvalue weighted by atomic mass is 10.1. The molecule has 0 atom stereocenters. The summed E-state index contributed by atoms with van der Waals surface area (Å²) in [6.07, 6.45) is 2.05. The zero-order chi connectivity index (χ0) is 15.2. The molecule has 0 bridgehead atoms. The summed E-state index contributed by atoms with van der Waals surface area (Å²) >= 11 is 3.45. The van der Waals surface area contributed by atoms with Crippen LogP contribution in [0.1, 0.15) is 28.8 Å². The Bertz CT molecular complexity index is 530. The quantitative estimate of drug-likeness (QED) is 0.579. The molecule has 21 heavy (non-hydrogen) atoms. The maximum atomic E-state index is 11.4. The molecule has 0 aromatic heterocycles. The van der Waals surface area contributed by atoms with E-state index in [1.807, 2.05) is 6.07 Å². The Kier molecular flexibility index (Phi) is 5.76. The second-order valence-corrected chi connectivity index (χ2v) is 5.89. The average molecular weight is 355 g/mol. The Morgan fingerprint density at radius 3 is 2.71 bits per heavy atom. The van der Waals surface area contributed by atoms with Crippen molar-refractivity contribution >= 4 is 27.8 Å². The highest BCUT2D eigenvalue weighted by Gasteiger charge is 2.28. The minimum absolute atomic E-state index is 0.167. The molecule has 0 spiro atoms. The largest absolute Gasteiger partial charge is 0.465 e. The summed E-state index contributed by atoms with van der Waals surface area (Å²) in [5, 5.41) is 6.16. The monoisotopic (exact) mass is 354 g/mol. The highest BCUT2D eigenvalue weighted by molar-refractivity contribution is 9.10. The number of ether oxygens (including phenoxy) is 1. The second-order valence-electron chi connectivity index (χ2n) is 5.04. The Labute approximate surface area is 132 Å². The van der Waals surface area contributed by atoms with Crippen molar-refractivity contribution in [3.8, 4) is 0 Å². The molecule has 1 aromatic carbocycles. The fraction of sp³-hybridized carbons (Fsp3) is 0.467. The molecule has 1 saturated carbocycles. The van der Waals surface area contributed by atoms with Crippen LogP contribution in [0.3, 0.4) is 0 Å². The molecule has 1 aliphatic carbocycles. The number of halogens is 1. The first-order valence-corrected chi connectivity index (χ1v) is 7.76. The maximum absolute atomic E-state index is 11.4. The predicted octanol–water partition coefficient (Wildman–Crippen LogP) is 1.85. The molecule has 0 unspecified atom stereocenters. The van der Waals surface area contributed by atoms with Gasteiger partial charge in [0.25, 0.3) is 0 Å². The van der Waals surface area contributed by atoms with E-state index >= 15 is 0 Å². The van der Waals surface area contributed by atoms with Crippen LogP contribution in [0.25, 0.3) is 0 Å². The van der Waals surface area contributed by atoms with Crippen LogP contribution < -0.4 is 10.6 Å². The molecular weight excluding hydrogens is 336 g/mol. The van der Waals surface area contributed by atoms with E-state index in [0.717, 1.165) is 22.9 Å². The van der Waals surface area contributed by atoms with Gasteiger partial charge in [-0.15, -0.1) is 0 Å². The number of hydrogen-bond acceptors (Lipinski definition) is 4. The van der Waals surface area contributed by atoms with Crippen molar-refractivity contribution < 1.29 is 14.3 Å². The van der Waals surface area contributed by atoms with Crippen LogP contribution in [0.2, 0.25) is 0 Å². The van der Waals surface area contributed by atoms with E-state index in [-0.39, 0.29) is 17.8 Å². The Morgan fingerprint density at radius 2 is 2.10 bits per heavy atom. The zero-order valence-corrected chi connectivity index (χ0v) is 13.5. The van der Waals surface area contributed by atoms with Gasteiger partial charge in [0, 0.05) is 30.0 Å². The number of hydrogen-bond donors (Lipinski definition) is 2. The number of esters is 1. The van der Waals surface area contributed by atoms with Crippen LogP contribution in [0.4, 0.5) is 0 Å². The molecule has 0 aliphatic heterocycles. The van der Waals surface area contributed by atoms with Gasteiger partial charge >= 0.3 is 5.97 Å². The summed E-state index contributed by atoms with van der Waals surface area (Å²) in [6.45, 7) is 2.01. The van der Waals surface area contributed by atoms with E-state index in [4.69, 9.17) is 0 Å². The van der Waals surface area contributed by atoms with Crippen LogP contribution in [-0.2, 0) is 16.1 Å². The molecule has 2 rings (SSSR count). The SMILES string of the molecule is COC(=O)c1ccc(CNCCNC(=O)C2CC2)c(Br)c1. The number of nitrogens with one attached hydrogen (secondary N) is 2. The summed E-state index contributed by atoms with van der Waals surface area (Å²) in [6, 6.07) is 5.37. The minimum Gasteiger partial charge on any atom is -0.465 e. The first-order valence-electron chi connectivity index (χ1n) is 6.97. The summed E-state index contributed by atoms with van der Waals surface area (Å²) in [7, 11) is 1.36. The van der Waals surface area contributed by atoms with Crippen LogP contribution in [0.15, 0.2) is 22.7 Å². The zero-order valence-electron chi connectivity index (χ0n) is 11.9. The summed E-state index contributed by atoms with van der Waals surface area (Å²) < 4.78 is 5.54. The second kappa shape index (κ2) is 7.56. The van der Waals surface area contributed by atoms with Gasteiger partial charge in [0.1, 0.15) is 0 Å². The van der Waals surface area contributed by atoms with Gasteiger partial charge in [-0.2, -0.15) is 0 Å². The number of carbonyl (C=O) groups is 2. The van der Waals surface area contributed by atoms with Crippen molar-refractivity contribution in [1.29, 1.82) is 0 Å². The fourth-order valence-electron chi connectivity index (χ4n) is 1.92. The van der Waals surface area contributed by atoms with Crippen LogP contribution in [0.5, 0.6) is 0 Å². The number of amides is 1. The van der Waals surface area contributed by atoms with E-state index in [9.17, 15) is 9.59 Å². The first kappa shape index (κ1) is 16.0. The van der Waals surface area contributed by atoms with Gasteiger partial charge < -0.3 is 15.4 Å². The fourth-order valence-corrected chi connectivity index (χ4v) is 2.44. The van der Waals surface area contributed by atoms with E-state index in [1.165, 1.54) is 7.11 Å². The molecular formula is C15H19BrN2O3. The third kappa shape index (κ3) is 4.82. The van der Waals surface area contributed by atoms with Crippen molar-refractivity contribution in [1.82, 2.24) is 10.6 Å². The predicted molar refractivity (Wildman–Crippen MR) is 82.9 cm³/mol. The van der Waals surface area contributed by atoms with Crippen molar-refractivity contribution in [2.24, 2.45) is 5.92 Å².